The van der Waals surface area contributed by atoms with Gasteiger partial charge in [-0.15, -0.1) is 0 Å². The predicted molar refractivity (Wildman–Crippen MR) is 153 cm³/mol. The number of hydrogen-bond acceptors (Lipinski definition) is 7. The van der Waals surface area contributed by atoms with Gasteiger partial charge in [0, 0.05) is 44.1 Å². The van der Waals surface area contributed by atoms with E-state index in [2.05, 4.69) is 33.4 Å². The molecule has 0 aromatic carbocycles. The first kappa shape index (κ1) is 30.2. The van der Waals surface area contributed by atoms with Gasteiger partial charge >= 0.3 is 11.9 Å². The van der Waals surface area contributed by atoms with Gasteiger partial charge in [0.15, 0.2) is 17.7 Å². The van der Waals surface area contributed by atoms with Crippen molar-refractivity contribution in [3.05, 3.63) is 24.3 Å². The van der Waals surface area contributed by atoms with Crippen LogP contribution in [-0.2, 0) is 28.7 Å². The molecule has 5 aliphatic carbocycles. The van der Waals surface area contributed by atoms with Crippen molar-refractivity contribution in [3.63, 3.8) is 0 Å². The molecular weight excluding hydrogens is 520 g/mol. The summed E-state index contributed by atoms with van der Waals surface area (Å²) >= 11 is 0. The van der Waals surface area contributed by atoms with Crippen LogP contribution in [0, 0.1) is 57.2 Å². The molecule has 0 saturated heterocycles. The Balaban J connectivity index is 1.54. The maximum absolute atomic E-state index is 13.7. The third kappa shape index (κ3) is 4.07. The van der Waals surface area contributed by atoms with Crippen LogP contribution in [-0.4, -0.2) is 47.4 Å². The maximum Gasteiger partial charge on any atom is 0.303 e. The fourth-order valence-electron chi connectivity index (χ4n) is 10.9. The summed E-state index contributed by atoms with van der Waals surface area (Å²) < 4.78 is 11.8. The summed E-state index contributed by atoms with van der Waals surface area (Å²) in [6, 6.07) is 0. The summed E-state index contributed by atoms with van der Waals surface area (Å²) in [7, 11) is 0. The monoisotopic (exact) mass is 568 g/mol. The Bertz CT molecular complexity index is 1200. The van der Waals surface area contributed by atoms with Gasteiger partial charge in [-0.1, -0.05) is 47.3 Å². The average molecular weight is 569 g/mol. The summed E-state index contributed by atoms with van der Waals surface area (Å²) in [4.78, 5) is 51.1. The Labute approximate surface area is 244 Å². The molecule has 41 heavy (non-hydrogen) atoms. The van der Waals surface area contributed by atoms with Crippen LogP contribution in [0.15, 0.2) is 24.3 Å². The number of allylic oxidation sites excluding steroid dienone is 2. The van der Waals surface area contributed by atoms with Crippen molar-refractivity contribution >= 4 is 23.5 Å². The maximum atomic E-state index is 13.7. The number of fused-ring (bicyclic) bond motifs is 2. The van der Waals surface area contributed by atoms with Crippen LogP contribution in [0.4, 0.5) is 0 Å². The zero-order valence-electron chi connectivity index (χ0n) is 25.8. The van der Waals surface area contributed by atoms with E-state index in [1.165, 1.54) is 13.8 Å². The van der Waals surface area contributed by atoms with Gasteiger partial charge in [0.2, 0.25) is 0 Å². The van der Waals surface area contributed by atoms with Crippen LogP contribution in [0.25, 0.3) is 0 Å². The number of hydrogen-bond donors (Lipinski definition) is 1. The van der Waals surface area contributed by atoms with E-state index in [1.807, 2.05) is 13.0 Å². The molecule has 0 aliphatic heterocycles. The molecule has 0 heterocycles. The van der Waals surface area contributed by atoms with Crippen LogP contribution in [0.5, 0.6) is 0 Å². The van der Waals surface area contributed by atoms with Gasteiger partial charge in [-0.05, 0) is 83.7 Å². The van der Waals surface area contributed by atoms with Crippen molar-refractivity contribution < 1.29 is 33.8 Å². The SMILES string of the molecule is C=C(C(=O)C(OC(C)=O)C(C)C1C(OC(C)=O)CC2(C)C3CCC4C(C)C(=O)C=CC45CC35CCC12C)C(C)CO. The molecule has 0 bridgehead atoms. The van der Waals surface area contributed by atoms with E-state index >= 15 is 0 Å². The van der Waals surface area contributed by atoms with Gasteiger partial charge in [-0.25, -0.2) is 0 Å². The first-order chi connectivity index (χ1) is 19.1. The van der Waals surface area contributed by atoms with Crippen molar-refractivity contribution in [2.75, 3.05) is 6.61 Å². The second-order valence-corrected chi connectivity index (χ2v) is 14.7. The van der Waals surface area contributed by atoms with Gasteiger partial charge in [-0.3, -0.25) is 19.2 Å². The molecule has 0 aromatic heterocycles. The lowest BCUT2D eigenvalue weighted by Crippen LogP contribution is -2.56. The van der Waals surface area contributed by atoms with Crippen molar-refractivity contribution in [1.82, 2.24) is 0 Å². The van der Waals surface area contributed by atoms with Crippen molar-refractivity contribution in [2.24, 2.45) is 57.2 Å². The first-order valence-electron chi connectivity index (χ1n) is 15.5. The van der Waals surface area contributed by atoms with E-state index in [0.29, 0.717) is 18.3 Å². The lowest BCUT2D eigenvalue weighted by Gasteiger charge is -2.61. The lowest BCUT2D eigenvalue weighted by molar-refractivity contribution is -0.166. The molecule has 0 amide bonds. The molecule has 4 saturated carbocycles. The standard InChI is InChI=1S/C34H48O7/c1-18(16-35)19(2)29(39)30(41-23(6)37)21(4)28-26(40-22(5)36)15-32(8)27-10-9-24-20(3)25(38)11-12-33(24)17-34(27,33)14-13-31(28,32)7/h11-12,18,20-21,24,26-28,30,35H,2,9-10,13-17H2,1,3-8H3. The van der Waals surface area contributed by atoms with Crippen LogP contribution in [0.1, 0.15) is 87.0 Å². The minimum absolute atomic E-state index is 0.0523. The Morgan fingerprint density at radius 2 is 1.78 bits per heavy atom. The molecule has 226 valence electrons. The number of rotatable bonds is 8. The van der Waals surface area contributed by atoms with Crippen molar-refractivity contribution in [3.8, 4) is 0 Å². The van der Waals surface area contributed by atoms with Crippen LogP contribution in [0.2, 0.25) is 0 Å². The fraction of sp³-hybridized carbons (Fsp3) is 0.765. The van der Waals surface area contributed by atoms with Gasteiger partial charge in [-0.2, -0.15) is 0 Å². The predicted octanol–water partition coefficient (Wildman–Crippen LogP) is 5.24. The molecule has 4 fully saturated rings. The number of ketones is 2. The van der Waals surface area contributed by atoms with Crippen LogP contribution < -0.4 is 0 Å². The molecule has 5 aliphatic rings. The zero-order valence-corrected chi connectivity index (χ0v) is 25.8. The Morgan fingerprint density at radius 3 is 2.39 bits per heavy atom. The normalized spacial score (nSPS) is 44.3. The molecule has 12 unspecified atom stereocenters. The van der Waals surface area contributed by atoms with Crippen LogP contribution >= 0.6 is 0 Å². The second kappa shape index (κ2) is 9.89. The highest BCUT2D eigenvalue weighted by molar-refractivity contribution is 5.99. The number of aliphatic hydroxyl groups excluding tert-OH is 1. The highest BCUT2D eigenvalue weighted by Crippen LogP contribution is 2.87. The van der Waals surface area contributed by atoms with Crippen LogP contribution in [0.3, 0.4) is 0 Å². The number of carbonyl (C=O) groups excluding carboxylic acids is 4. The van der Waals surface area contributed by atoms with Crippen molar-refractivity contribution in [2.45, 2.75) is 99.2 Å². The average Bonchev–Trinajstić information content (AvgIpc) is 3.52. The van der Waals surface area contributed by atoms with E-state index in [-0.39, 0.29) is 63.2 Å². The summed E-state index contributed by atoms with van der Waals surface area (Å²) in [5.41, 5.74) is -0.000337. The summed E-state index contributed by atoms with van der Waals surface area (Å²) in [6.07, 6.45) is 8.38. The second-order valence-electron chi connectivity index (χ2n) is 14.7. The number of ether oxygens (including phenoxy) is 2. The Kier molecular flexibility index (Phi) is 7.28. The van der Waals surface area contributed by atoms with Gasteiger partial charge in [0.25, 0.3) is 0 Å². The highest BCUT2D eigenvalue weighted by atomic mass is 16.6. The van der Waals surface area contributed by atoms with Gasteiger partial charge in [0.05, 0.1) is 0 Å². The largest absolute Gasteiger partial charge is 0.462 e. The topological polar surface area (TPSA) is 107 Å². The number of carbonyl (C=O) groups is 4. The molecule has 1 N–H and O–H groups in total. The smallest absolute Gasteiger partial charge is 0.303 e. The minimum Gasteiger partial charge on any atom is -0.462 e. The first-order valence-corrected chi connectivity index (χ1v) is 15.5. The zero-order chi connectivity index (χ0) is 30.3. The van der Waals surface area contributed by atoms with E-state index in [0.717, 1.165) is 32.1 Å². The van der Waals surface area contributed by atoms with Crippen molar-refractivity contribution in [1.29, 1.82) is 0 Å². The van der Waals surface area contributed by atoms with E-state index in [9.17, 15) is 24.3 Å². The fourth-order valence-corrected chi connectivity index (χ4v) is 10.9. The lowest BCUT2D eigenvalue weighted by atomic mass is 9.43. The number of esters is 2. The molecule has 7 nitrogen and oxygen atoms in total. The molecular formula is C34H48O7. The molecule has 5 rings (SSSR count). The Hall–Kier alpha value is -2.28. The molecule has 0 radical (unpaired) electrons. The van der Waals surface area contributed by atoms with E-state index in [1.54, 1.807) is 6.92 Å². The number of aliphatic hydroxyl groups is 1. The summed E-state index contributed by atoms with van der Waals surface area (Å²) in [5, 5.41) is 9.69. The highest BCUT2D eigenvalue weighted by Gasteiger charge is 2.81. The number of Topliss-reactive ketones (excluding diaryl/α,β-unsaturated/α-hetero) is 1. The van der Waals surface area contributed by atoms with Gasteiger partial charge in [0.1, 0.15) is 6.10 Å². The minimum atomic E-state index is -1.08. The summed E-state index contributed by atoms with van der Waals surface area (Å²) in [6.45, 7) is 16.9. The molecule has 2 spiro atoms. The van der Waals surface area contributed by atoms with Gasteiger partial charge < -0.3 is 14.6 Å². The molecule has 0 aromatic rings. The Morgan fingerprint density at radius 1 is 1.10 bits per heavy atom. The molecule has 7 heteroatoms. The third-order valence-corrected chi connectivity index (χ3v) is 13.1. The summed E-state index contributed by atoms with van der Waals surface area (Å²) in [5.74, 6) is -1.31. The van der Waals surface area contributed by atoms with E-state index in [4.69, 9.17) is 9.47 Å². The third-order valence-electron chi connectivity index (χ3n) is 13.1. The van der Waals surface area contributed by atoms with E-state index < -0.39 is 30.0 Å². The molecule has 12 atom stereocenters. The quantitative estimate of drug-likeness (QED) is 0.315.